The first-order chi connectivity index (χ1) is 16.1. The number of amides is 1. The Morgan fingerprint density at radius 2 is 1.62 bits per heavy atom. The van der Waals surface area contributed by atoms with Gasteiger partial charge in [0.2, 0.25) is 0 Å². The molecule has 0 fully saturated rings. The van der Waals surface area contributed by atoms with Crippen molar-refractivity contribution in [1.82, 2.24) is 5.32 Å². The number of ether oxygens (including phenoxy) is 2. The Bertz CT molecular complexity index is 1350. The Morgan fingerprint density at radius 3 is 2.35 bits per heavy atom. The fourth-order valence-corrected chi connectivity index (χ4v) is 5.25. The Morgan fingerprint density at radius 1 is 0.882 bits per heavy atom. The normalized spacial score (nSPS) is 13.8. The molecule has 1 unspecified atom stereocenters. The van der Waals surface area contributed by atoms with Crippen molar-refractivity contribution in [3.05, 3.63) is 82.4 Å². The lowest BCUT2D eigenvalue weighted by Gasteiger charge is -2.21. The molecule has 0 saturated heterocycles. The van der Waals surface area contributed by atoms with Crippen molar-refractivity contribution < 1.29 is 22.7 Å². The number of carbonyl (C=O) groups is 1. The standard InChI is InChI=1S/C26H28N2O5S/c1-16-5-9-22(18(3)13-16)28-34(30,31)25-15-21(7-6-17(25)2)26(29)27-19(4)20-8-10-23-24(14-20)33-12-11-32-23/h5-10,13-15,19,28H,11-12H2,1-4H3,(H,27,29). The maximum atomic E-state index is 13.1. The van der Waals surface area contributed by atoms with Crippen LogP contribution in [0.4, 0.5) is 5.69 Å². The summed E-state index contributed by atoms with van der Waals surface area (Å²) in [6.07, 6.45) is 0. The van der Waals surface area contributed by atoms with Gasteiger partial charge in [-0.15, -0.1) is 0 Å². The second kappa shape index (κ2) is 9.38. The number of fused-ring (bicyclic) bond motifs is 1. The molecule has 34 heavy (non-hydrogen) atoms. The third-order valence-electron chi connectivity index (χ3n) is 5.78. The molecule has 0 radical (unpaired) electrons. The van der Waals surface area contributed by atoms with Gasteiger partial charge in [0.25, 0.3) is 15.9 Å². The van der Waals surface area contributed by atoms with Crippen LogP contribution >= 0.6 is 0 Å². The molecule has 1 aliphatic heterocycles. The van der Waals surface area contributed by atoms with Crippen molar-refractivity contribution in [2.24, 2.45) is 0 Å². The summed E-state index contributed by atoms with van der Waals surface area (Å²) in [5, 5.41) is 2.93. The molecular weight excluding hydrogens is 452 g/mol. The summed E-state index contributed by atoms with van der Waals surface area (Å²) in [5.41, 5.74) is 4.04. The molecule has 4 rings (SSSR count). The highest BCUT2D eigenvalue weighted by Gasteiger charge is 2.21. The number of anilines is 1. The molecule has 178 valence electrons. The number of nitrogens with one attached hydrogen (secondary N) is 2. The van der Waals surface area contributed by atoms with Gasteiger partial charge in [-0.3, -0.25) is 9.52 Å². The van der Waals surface area contributed by atoms with E-state index < -0.39 is 10.0 Å². The van der Waals surface area contributed by atoms with Gasteiger partial charge in [-0.05, 0) is 74.7 Å². The van der Waals surface area contributed by atoms with Gasteiger partial charge in [0, 0.05) is 5.56 Å². The van der Waals surface area contributed by atoms with E-state index in [9.17, 15) is 13.2 Å². The predicted octanol–water partition coefficient (Wildman–Crippen LogP) is 4.67. The van der Waals surface area contributed by atoms with E-state index >= 15 is 0 Å². The second-order valence-corrected chi connectivity index (χ2v) is 10.2. The monoisotopic (exact) mass is 480 g/mol. The first kappa shape index (κ1) is 23.6. The van der Waals surface area contributed by atoms with Gasteiger partial charge in [-0.2, -0.15) is 0 Å². The first-order valence-electron chi connectivity index (χ1n) is 11.1. The minimum absolute atomic E-state index is 0.0621. The lowest BCUT2D eigenvalue weighted by molar-refractivity contribution is 0.0939. The molecule has 2 N–H and O–H groups in total. The van der Waals surface area contributed by atoms with Crippen LogP contribution in [0.5, 0.6) is 11.5 Å². The molecule has 1 heterocycles. The molecule has 0 aliphatic carbocycles. The Hall–Kier alpha value is -3.52. The SMILES string of the molecule is Cc1ccc(NS(=O)(=O)c2cc(C(=O)NC(C)c3ccc4c(c3)OCCO4)ccc2C)c(C)c1. The van der Waals surface area contributed by atoms with Crippen LogP contribution in [0.2, 0.25) is 0 Å². The van der Waals surface area contributed by atoms with Gasteiger partial charge >= 0.3 is 0 Å². The molecule has 0 saturated carbocycles. The summed E-state index contributed by atoms with van der Waals surface area (Å²) < 4.78 is 40.1. The van der Waals surface area contributed by atoms with Gasteiger partial charge < -0.3 is 14.8 Å². The smallest absolute Gasteiger partial charge is 0.262 e. The van der Waals surface area contributed by atoms with Gasteiger partial charge in [0.1, 0.15) is 13.2 Å². The van der Waals surface area contributed by atoms with Crippen LogP contribution in [-0.2, 0) is 10.0 Å². The number of rotatable bonds is 6. The van der Waals surface area contributed by atoms with Crippen molar-refractivity contribution in [1.29, 1.82) is 0 Å². The number of benzene rings is 3. The third-order valence-corrected chi connectivity index (χ3v) is 7.29. The van der Waals surface area contributed by atoms with Crippen molar-refractivity contribution in [2.45, 2.75) is 38.6 Å². The largest absolute Gasteiger partial charge is 0.486 e. The van der Waals surface area contributed by atoms with E-state index in [0.717, 1.165) is 16.7 Å². The number of sulfonamides is 1. The molecule has 1 aliphatic rings. The summed E-state index contributed by atoms with van der Waals surface area (Å²) in [6.45, 7) is 8.35. The van der Waals surface area contributed by atoms with Crippen molar-refractivity contribution >= 4 is 21.6 Å². The van der Waals surface area contributed by atoms with Crippen LogP contribution in [-0.4, -0.2) is 27.5 Å². The average molecular weight is 481 g/mol. The highest BCUT2D eigenvalue weighted by molar-refractivity contribution is 7.92. The molecule has 8 heteroatoms. The Labute approximate surface area is 200 Å². The van der Waals surface area contributed by atoms with Crippen molar-refractivity contribution in [2.75, 3.05) is 17.9 Å². The summed E-state index contributed by atoms with van der Waals surface area (Å²) >= 11 is 0. The fraction of sp³-hybridized carbons (Fsp3) is 0.269. The zero-order valence-electron chi connectivity index (χ0n) is 19.6. The van der Waals surface area contributed by atoms with Crippen molar-refractivity contribution in [3.8, 4) is 11.5 Å². The fourth-order valence-electron chi connectivity index (χ4n) is 3.85. The van der Waals surface area contributed by atoms with Crippen LogP contribution in [0.1, 0.15) is 45.6 Å². The first-order valence-corrected chi connectivity index (χ1v) is 12.5. The van der Waals surface area contributed by atoms with Crippen LogP contribution in [0.25, 0.3) is 0 Å². The summed E-state index contributed by atoms with van der Waals surface area (Å²) in [6, 6.07) is 15.4. The topological polar surface area (TPSA) is 93.7 Å². The van der Waals surface area contributed by atoms with Gasteiger partial charge in [-0.1, -0.05) is 29.8 Å². The molecule has 3 aromatic rings. The molecule has 1 amide bonds. The molecule has 1 atom stereocenters. The highest BCUT2D eigenvalue weighted by Crippen LogP contribution is 2.32. The van der Waals surface area contributed by atoms with Crippen LogP contribution < -0.4 is 19.5 Å². The Kier molecular flexibility index (Phi) is 6.52. The van der Waals surface area contributed by atoms with Crippen LogP contribution in [0, 0.1) is 20.8 Å². The van der Waals surface area contributed by atoms with Crippen LogP contribution in [0.15, 0.2) is 59.5 Å². The van der Waals surface area contributed by atoms with E-state index in [1.807, 2.05) is 51.1 Å². The van der Waals surface area contributed by atoms with Gasteiger partial charge in [-0.25, -0.2) is 8.42 Å². The maximum Gasteiger partial charge on any atom is 0.262 e. The molecule has 0 aromatic heterocycles. The number of hydrogen-bond acceptors (Lipinski definition) is 5. The number of carbonyl (C=O) groups excluding carboxylic acids is 1. The maximum absolute atomic E-state index is 13.1. The number of aryl methyl sites for hydroxylation is 3. The zero-order valence-corrected chi connectivity index (χ0v) is 20.5. The summed E-state index contributed by atoms with van der Waals surface area (Å²) in [4.78, 5) is 13.0. The van der Waals surface area contributed by atoms with E-state index in [1.54, 1.807) is 25.1 Å². The van der Waals surface area contributed by atoms with Crippen LogP contribution in [0.3, 0.4) is 0 Å². The second-order valence-electron chi connectivity index (χ2n) is 8.50. The molecular formula is C26H28N2O5S. The third kappa shape index (κ3) is 5.02. The number of hydrogen-bond donors (Lipinski definition) is 2. The minimum atomic E-state index is -3.89. The van der Waals surface area contributed by atoms with E-state index in [0.29, 0.717) is 36.0 Å². The molecule has 0 spiro atoms. The highest BCUT2D eigenvalue weighted by atomic mass is 32.2. The van der Waals surface area contributed by atoms with E-state index in [1.165, 1.54) is 6.07 Å². The van der Waals surface area contributed by atoms with Gasteiger partial charge in [0.05, 0.1) is 16.6 Å². The van der Waals surface area contributed by atoms with E-state index in [4.69, 9.17) is 9.47 Å². The predicted molar refractivity (Wildman–Crippen MR) is 131 cm³/mol. The molecule has 3 aromatic carbocycles. The molecule has 0 bridgehead atoms. The summed E-state index contributed by atoms with van der Waals surface area (Å²) in [7, 11) is -3.89. The lowest BCUT2D eigenvalue weighted by Crippen LogP contribution is -2.27. The van der Waals surface area contributed by atoms with E-state index in [-0.39, 0.29) is 22.4 Å². The average Bonchev–Trinajstić information content (AvgIpc) is 2.80. The van der Waals surface area contributed by atoms with E-state index in [2.05, 4.69) is 10.0 Å². The minimum Gasteiger partial charge on any atom is -0.486 e. The van der Waals surface area contributed by atoms with Crippen molar-refractivity contribution in [3.63, 3.8) is 0 Å². The molecule has 7 nitrogen and oxygen atoms in total. The quantitative estimate of drug-likeness (QED) is 0.535. The summed E-state index contributed by atoms with van der Waals surface area (Å²) in [5.74, 6) is 0.953. The zero-order chi connectivity index (χ0) is 24.5. The lowest BCUT2D eigenvalue weighted by atomic mass is 10.1. The van der Waals surface area contributed by atoms with Gasteiger partial charge in [0.15, 0.2) is 11.5 Å². The Balaban J connectivity index is 1.54.